The molecule has 2 rings (SSSR count). The van der Waals surface area contributed by atoms with Crippen LogP contribution in [0.15, 0.2) is 30.3 Å². The summed E-state index contributed by atoms with van der Waals surface area (Å²) in [5.41, 5.74) is 0.820. The predicted molar refractivity (Wildman–Crippen MR) is 77.0 cm³/mol. The molecule has 0 spiro atoms. The van der Waals surface area contributed by atoms with Crippen molar-refractivity contribution >= 4 is 0 Å². The maximum atomic E-state index is 10.6. The van der Waals surface area contributed by atoms with Gasteiger partial charge in [-0.05, 0) is 12.5 Å². The minimum Gasteiger partial charge on any atom is -0.388 e. The van der Waals surface area contributed by atoms with Crippen molar-refractivity contribution in [2.75, 3.05) is 26.3 Å². The Balaban J connectivity index is 2.04. The van der Waals surface area contributed by atoms with Gasteiger partial charge >= 0.3 is 0 Å². The van der Waals surface area contributed by atoms with Gasteiger partial charge in [0.25, 0.3) is 0 Å². The first kappa shape index (κ1) is 14.5. The molecule has 0 aromatic heterocycles. The van der Waals surface area contributed by atoms with Gasteiger partial charge in [-0.25, -0.2) is 0 Å². The highest BCUT2D eigenvalue weighted by molar-refractivity contribution is 5.19. The molecule has 0 aliphatic carbocycles. The second kappa shape index (κ2) is 6.04. The molecule has 0 amide bonds. The third-order valence-corrected chi connectivity index (χ3v) is 3.97. The van der Waals surface area contributed by atoms with Crippen LogP contribution in [0.3, 0.4) is 0 Å². The van der Waals surface area contributed by atoms with Crippen LogP contribution in [-0.4, -0.2) is 42.4 Å². The molecule has 1 heterocycles. The molecule has 19 heavy (non-hydrogen) atoms. The zero-order valence-corrected chi connectivity index (χ0v) is 12.2. The van der Waals surface area contributed by atoms with E-state index < -0.39 is 6.10 Å². The summed E-state index contributed by atoms with van der Waals surface area (Å²) < 4.78 is 5.47. The molecule has 1 N–H and O–H groups in total. The van der Waals surface area contributed by atoms with Gasteiger partial charge in [0.1, 0.15) is 0 Å². The van der Waals surface area contributed by atoms with Crippen molar-refractivity contribution in [3.05, 3.63) is 35.9 Å². The largest absolute Gasteiger partial charge is 0.388 e. The quantitative estimate of drug-likeness (QED) is 0.906. The average Bonchev–Trinajstić information content (AvgIpc) is 2.41. The molecule has 1 aromatic rings. The fourth-order valence-electron chi connectivity index (χ4n) is 2.69. The Morgan fingerprint density at radius 1 is 1.37 bits per heavy atom. The molecule has 1 aliphatic rings. The normalized spacial score (nSPS) is 23.3. The van der Waals surface area contributed by atoms with Gasteiger partial charge in [0.15, 0.2) is 0 Å². The van der Waals surface area contributed by atoms with Gasteiger partial charge < -0.3 is 9.84 Å². The van der Waals surface area contributed by atoms with Gasteiger partial charge in [-0.3, -0.25) is 4.90 Å². The van der Waals surface area contributed by atoms with Crippen LogP contribution in [0.5, 0.6) is 0 Å². The maximum absolute atomic E-state index is 10.6. The maximum Gasteiger partial charge on any atom is 0.0853 e. The van der Waals surface area contributed by atoms with Crippen molar-refractivity contribution < 1.29 is 9.84 Å². The number of rotatable bonds is 4. The van der Waals surface area contributed by atoms with Crippen molar-refractivity contribution in [2.45, 2.75) is 32.9 Å². The second-order valence-electron chi connectivity index (χ2n) is 6.20. The standard InChI is InChI=1S/C16H25NO2/c1-13-11-19-10-9-17(13)12-16(2,3)15(18)14-7-5-4-6-8-14/h4-8,13,15,18H,9-12H2,1-3H3. The molecule has 1 saturated heterocycles. The van der Waals surface area contributed by atoms with E-state index in [2.05, 4.69) is 25.7 Å². The van der Waals surface area contributed by atoms with Crippen LogP contribution in [-0.2, 0) is 4.74 Å². The topological polar surface area (TPSA) is 32.7 Å². The lowest BCUT2D eigenvalue weighted by atomic mass is 9.81. The zero-order chi connectivity index (χ0) is 13.9. The van der Waals surface area contributed by atoms with E-state index in [1.165, 1.54) is 0 Å². The highest BCUT2D eigenvalue weighted by Crippen LogP contribution is 2.34. The Hall–Kier alpha value is -0.900. The molecule has 0 radical (unpaired) electrons. The number of aliphatic hydroxyl groups excluding tert-OH is 1. The van der Waals surface area contributed by atoms with Crippen molar-refractivity contribution in [3.63, 3.8) is 0 Å². The van der Waals surface area contributed by atoms with E-state index in [9.17, 15) is 5.11 Å². The summed E-state index contributed by atoms with van der Waals surface area (Å²) in [5, 5.41) is 10.6. The van der Waals surface area contributed by atoms with E-state index in [0.29, 0.717) is 6.04 Å². The molecule has 1 aliphatic heterocycles. The molecule has 0 bridgehead atoms. The van der Waals surface area contributed by atoms with Crippen LogP contribution in [0.25, 0.3) is 0 Å². The minimum absolute atomic E-state index is 0.174. The molecule has 106 valence electrons. The molecule has 1 fully saturated rings. The first-order valence-electron chi connectivity index (χ1n) is 7.05. The lowest BCUT2D eigenvalue weighted by Gasteiger charge is -2.41. The Morgan fingerprint density at radius 2 is 2.05 bits per heavy atom. The Kier molecular flexibility index (Phi) is 4.61. The molecule has 1 aromatic carbocycles. The molecular weight excluding hydrogens is 238 g/mol. The van der Waals surface area contributed by atoms with Crippen molar-refractivity contribution in [1.29, 1.82) is 0 Å². The van der Waals surface area contributed by atoms with Crippen LogP contribution >= 0.6 is 0 Å². The van der Waals surface area contributed by atoms with Gasteiger partial charge in [-0.2, -0.15) is 0 Å². The summed E-state index contributed by atoms with van der Waals surface area (Å²) in [6.07, 6.45) is -0.441. The highest BCUT2D eigenvalue weighted by atomic mass is 16.5. The smallest absolute Gasteiger partial charge is 0.0853 e. The van der Waals surface area contributed by atoms with E-state index in [1.54, 1.807) is 0 Å². The van der Waals surface area contributed by atoms with Crippen molar-refractivity contribution in [3.8, 4) is 0 Å². The number of hydrogen-bond acceptors (Lipinski definition) is 3. The average molecular weight is 263 g/mol. The van der Waals surface area contributed by atoms with Gasteiger partial charge in [0.05, 0.1) is 19.3 Å². The SMILES string of the molecule is CC1COCCN1CC(C)(C)C(O)c1ccccc1. The Morgan fingerprint density at radius 3 is 2.68 bits per heavy atom. The lowest BCUT2D eigenvalue weighted by molar-refractivity contribution is -0.0431. The fourth-order valence-corrected chi connectivity index (χ4v) is 2.69. The third kappa shape index (κ3) is 3.56. The van der Waals surface area contributed by atoms with Crippen LogP contribution in [0, 0.1) is 5.41 Å². The van der Waals surface area contributed by atoms with Gasteiger partial charge in [-0.15, -0.1) is 0 Å². The predicted octanol–water partition coefficient (Wildman–Crippen LogP) is 2.47. The molecule has 2 atom stereocenters. The molecular formula is C16H25NO2. The van der Waals surface area contributed by atoms with E-state index in [-0.39, 0.29) is 5.41 Å². The van der Waals surface area contributed by atoms with Gasteiger partial charge in [0.2, 0.25) is 0 Å². The van der Waals surface area contributed by atoms with Crippen LogP contribution in [0.1, 0.15) is 32.4 Å². The van der Waals surface area contributed by atoms with Crippen molar-refractivity contribution in [2.24, 2.45) is 5.41 Å². The van der Waals surface area contributed by atoms with Crippen molar-refractivity contribution in [1.82, 2.24) is 4.90 Å². The number of aliphatic hydroxyl groups is 1. The number of ether oxygens (including phenoxy) is 1. The van der Waals surface area contributed by atoms with Crippen LogP contribution in [0.4, 0.5) is 0 Å². The highest BCUT2D eigenvalue weighted by Gasteiger charge is 2.33. The summed E-state index contributed by atoms with van der Waals surface area (Å²) in [4.78, 5) is 2.41. The summed E-state index contributed by atoms with van der Waals surface area (Å²) in [6, 6.07) is 10.4. The van der Waals surface area contributed by atoms with Crippen LogP contribution in [0.2, 0.25) is 0 Å². The zero-order valence-electron chi connectivity index (χ0n) is 12.2. The lowest BCUT2D eigenvalue weighted by Crippen LogP contribution is -2.48. The third-order valence-electron chi connectivity index (χ3n) is 3.97. The molecule has 3 heteroatoms. The van der Waals surface area contributed by atoms with Crippen LogP contribution < -0.4 is 0 Å². The number of hydrogen-bond donors (Lipinski definition) is 1. The van der Waals surface area contributed by atoms with E-state index in [0.717, 1.165) is 31.9 Å². The first-order chi connectivity index (χ1) is 9.00. The monoisotopic (exact) mass is 263 g/mol. The Bertz CT molecular complexity index is 391. The molecule has 3 nitrogen and oxygen atoms in total. The summed E-state index contributed by atoms with van der Waals surface area (Å²) in [6.45, 7) is 9.86. The number of benzene rings is 1. The Labute approximate surface area is 116 Å². The van der Waals surface area contributed by atoms with Gasteiger partial charge in [0, 0.05) is 24.5 Å². The molecule has 0 saturated carbocycles. The first-order valence-corrected chi connectivity index (χ1v) is 7.05. The second-order valence-corrected chi connectivity index (χ2v) is 6.20. The number of nitrogens with zero attached hydrogens (tertiary/aromatic N) is 1. The fraction of sp³-hybridized carbons (Fsp3) is 0.625. The summed E-state index contributed by atoms with van der Waals surface area (Å²) >= 11 is 0. The molecule has 2 unspecified atom stereocenters. The van der Waals surface area contributed by atoms with Gasteiger partial charge in [-0.1, -0.05) is 44.2 Å². The minimum atomic E-state index is -0.441. The van der Waals surface area contributed by atoms with E-state index >= 15 is 0 Å². The summed E-state index contributed by atoms with van der Waals surface area (Å²) in [7, 11) is 0. The van der Waals surface area contributed by atoms with E-state index in [4.69, 9.17) is 4.74 Å². The van der Waals surface area contributed by atoms with E-state index in [1.807, 2.05) is 30.3 Å². The number of morpholine rings is 1. The summed E-state index contributed by atoms with van der Waals surface area (Å²) in [5.74, 6) is 0.